The lowest BCUT2D eigenvalue weighted by Crippen LogP contribution is -2.40. The van der Waals surface area contributed by atoms with Crippen LogP contribution >= 0.6 is 0 Å². The zero-order chi connectivity index (χ0) is 10.8. The average molecular weight is 206 g/mol. The molecular formula is C12H18N2O. The van der Waals surface area contributed by atoms with Crippen LogP contribution in [0.4, 0.5) is 0 Å². The topological polar surface area (TPSA) is 32.3 Å². The number of hydrogen-bond donors (Lipinski definition) is 1. The first-order valence-corrected chi connectivity index (χ1v) is 5.55. The molecule has 1 saturated heterocycles. The Morgan fingerprint density at radius 3 is 2.67 bits per heavy atom. The number of rotatable bonds is 4. The van der Waals surface area contributed by atoms with E-state index in [1.165, 1.54) is 5.57 Å². The lowest BCUT2D eigenvalue weighted by molar-refractivity contribution is -0.127. The van der Waals surface area contributed by atoms with E-state index < -0.39 is 0 Å². The van der Waals surface area contributed by atoms with Gasteiger partial charge in [0.15, 0.2) is 0 Å². The summed E-state index contributed by atoms with van der Waals surface area (Å²) in [5.74, 6) is 0.203. The summed E-state index contributed by atoms with van der Waals surface area (Å²) in [6, 6.07) is 0.471. The van der Waals surface area contributed by atoms with Crippen LogP contribution < -0.4 is 5.32 Å². The molecule has 0 aromatic heterocycles. The van der Waals surface area contributed by atoms with Crippen LogP contribution in [-0.2, 0) is 4.79 Å². The Labute approximate surface area is 90.8 Å². The van der Waals surface area contributed by atoms with E-state index in [-0.39, 0.29) is 5.91 Å². The van der Waals surface area contributed by atoms with Crippen molar-refractivity contribution in [3.63, 3.8) is 0 Å². The van der Waals surface area contributed by atoms with E-state index in [0.29, 0.717) is 12.6 Å². The molecule has 1 saturated carbocycles. The van der Waals surface area contributed by atoms with Crippen LogP contribution in [0.3, 0.4) is 0 Å². The maximum absolute atomic E-state index is 12.1. The third kappa shape index (κ3) is 2.12. The molecule has 2 fully saturated rings. The Morgan fingerprint density at radius 2 is 2.27 bits per heavy atom. The van der Waals surface area contributed by atoms with Crippen molar-refractivity contribution in [2.45, 2.75) is 25.8 Å². The van der Waals surface area contributed by atoms with E-state index >= 15 is 0 Å². The quantitative estimate of drug-likeness (QED) is 0.551. The molecule has 0 unspecified atom stereocenters. The second kappa shape index (κ2) is 4.19. The maximum Gasteiger partial charge on any atom is 0.250 e. The summed E-state index contributed by atoms with van der Waals surface area (Å²) < 4.78 is 0. The summed E-state index contributed by atoms with van der Waals surface area (Å²) in [5.41, 5.74) is 2.19. The molecule has 2 aliphatic rings. The first-order chi connectivity index (χ1) is 7.24. The lowest BCUT2D eigenvalue weighted by atomic mass is 10.0. The molecule has 0 aromatic carbocycles. The van der Waals surface area contributed by atoms with Gasteiger partial charge in [-0.05, 0) is 25.3 Å². The molecule has 0 atom stereocenters. The van der Waals surface area contributed by atoms with Crippen LogP contribution in [0.5, 0.6) is 0 Å². The van der Waals surface area contributed by atoms with E-state index in [0.717, 1.165) is 31.5 Å². The van der Waals surface area contributed by atoms with Crippen molar-refractivity contribution in [2.75, 3.05) is 19.6 Å². The van der Waals surface area contributed by atoms with Crippen molar-refractivity contribution in [1.82, 2.24) is 10.2 Å². The van der Waals surface area contributed by atoms with E-state index in [4.69, 9.17) is 0 Å². The van der Waals surface area contributed by atoms with Crippen molar-refractivity contribution in [3.8, 4) is 0 Å². The molecule has 15 heavy (non-hydrogen) atoms. The second-order valence-corrected chi connectivity index (χ2v) is 4.31. The predicted octanol–water partition coefficient (Wildman–Crippen LogP) is 1.08. The van der Waals surface area contributed by atoms with Crippen LogP contribution in [0.25, 0.3) is 0 Å². The Balaban J connectivity index is 2.06. The molecule has 2 rings (SSSR count). The predicted molar refractivity (Wildman–Crippen MR) is 60.5 cm³/mol. The normalized spacial score (nSPS) is 19.4. The maximum atomic E-state index is 12.1. The zero-order valence-corrected chi connectivity index (χ0v) is 9.25. The highest BCUT2D eigenvalue weighted by molar-refractivity contribution is 5.94. The highest BCUT2D eigenvalue weighted by atomic mass is 16.2. The van der Waals surface area contributed by atoms with Crippen molar-refractivity contribution in [1.29, 1.82) is 0 Å². The molecule has 0 bridgehead atoms. The fourth-order valence-electron chi connectivity index (χ4n) is 1.80. The molecule has 1 heterocycles. The molecule has 1 aliphatic heterocycles. The highest BCUT2D eigenvalue weighted by Crippen LogP contribution is 2.28. The van der Waals surface area contributed by atoms with Gasteiger partial charge in [-0.1, -0.05) is 6.08 Å². The molecule has 3 nitrogen and oxygen atoms in total. The zero-order valence-electron chi connectivity index (χ0n) is 9.25. The van der Waals surface area contributed by atoms with Crippen LogP contribution in [0.15, 0.2) is 23.8 Å². The van der Waals surface area contributed by atoms with Gasteiger partial charge in [-0.3, -0.25) is 4.79 Å². The molecule has 1 aliphatic carbocycles. The largest absolute Gasteiger partial charge is 0.332 e. The van der Waals surface area contributed by atoms with Crippen LogP contribution in [0.2, 0.25) is 0 Å². The summed E-state index contributed by atoms with van der Waals surface area (Å²) in [7, 11) is 0. The number of nitrogens with one attached hydrogen (secondary N) is 1. The molecular weight excluding hydrogens is 188 g/mol. The first kappa shape index (κ1) is 10.4. The minimum Gasteiger partial charge on any atom is -0.332 e. The van der Waals surface area contributed by atoms with Gasteiger partial charge in [-0.2, -0.15) is 0 Å². The fraction of sp³-hybridized carbons (Fsp3) is 0.583. The van der Waals surface area contributed by atoms with Crippen molar-refractivity contribution < 1.29 is 4.79 Å². The summed E-state index contributed by atoms with van der Waals surface area (Å²) in [4.78, 5) is 14.1. The van der Waals surface area contributed by atoms with Gasteiger partial charge >= 0.3 is 0 Å². The van der Waals surface area contributed by atoms with Crippen LogP contribution in [-0.4, -0.2) is 36.5 Å². The Hall–Kier alpha value is -1.09. The van der Waals surface area contributed by atoms with E-state index in [1.807, 2.05) is 17.9 Å². The van der Waals surface area contributed by atoms with Gasteiger partial charge < -0.3 is 10.2 Å². The standard InChI is InChI=1S/C12H18N2O/c1-3-6-14(11-4-5-11)12(15)9(2)10-7-13-8-10/h3,11,13H,1,4-8H2,2H3. The molecule has 82 valence electrons. The molecule has 3 heteroatoms. The molecule has 0 spiro atoms. The minimum atomic E-state index is 0.203. The fourth-order valence-corrected chi connectivity index (χ4v) is 1.80. The first-order valence-electron chi connectivity index (χ1n) is 5.55. The van der Waals surface area contributed by atoms with Gasteiger partial charge in [0.2, 0.25) is 5.91 Å². The summed E-state index contributed by atoms with van der Waals surface area (Å²) >= 11 is 0. The Bertz CT molecular complexity index is 310. The number of nitrogens with zero attached hydrogens (tertiary/aromatic N) is 1. The summed E-state index contributed by atoms with van der Waals surface area (Å²) in [6.45, 7) is 8.09. The number of amides is 1. The Kier molecular flexibility index (Phi) is 2.91. The molecule has 0 radical (unpaired) electrons. The Morgan fingerprint density at radius 1 is 1.60 bits per heavy atom. The van der Waals surface area contributed by atoms with Crippen molar-refractivity contribution in [2.24, 2.45) is 0 Å². The SMILES string of the molecule is C=CCN(C(=O)C(C)=C1CNC1)C1CC1. The van der Waals surface area contributed by atoms with Gasteiger partial charge in [0.1, 0.15) is 0 Å². The third-order valence-corrected chi connectivity index (χ3v) is 3.10. The average Bonchev–Trinajstić information content (AvgIpc) is 2.93. The van der Waals surface area contributed by atoms with Crippen molar-refractivity contribution in [3.05, 3.63) is 23.8 Å². The van der Waals surface area contributed by atoms with E-state index in [2.05, 4.69) is 11.9 Å². The lowest BCUT2D eigenvalue weighted by Gasteiger charge is -2.26. The summed E-state index contributed by atoms with van der Waals surface area (Å²) in [6.07, 6.45) is 4.12. The summed E-state index contributed by atoms with van der Waals surface area (Å²) in [5, 5.41) is 3.16. The molecule has 1 N–H and O–H groups in total. The molecule has 1 amide bonds. The minimum absolute atomic E-state index is 0.203. The van der Waals surface area contributed by atoms with E-state index in [9.17, 15) is 4.79 Å². The van der Waals surface area contributed by atoms with Gasteiger partial charge in [0.05, 0.1) is 0 Å². The van der Waals surface area contributed by atoms with Gasteiger partial charge in [0, 0.05) is 31.2 Å². The number of carbonyl (C=O) groups is 1. The number of carbonyl (C=O) groups excluding carboxylic acids is 1. The second-order valence-electron chi connectivity index (χ2n) is 4.31. The van der Waals surface area contributed by atoms with E-state index in [1.54, 1.807) is 0 Å². The third-order valence-electron chi connectivity index (χ3n) is 3.10. The van der Waals surface area contributed by atoms with Gasteiger partial charge in [0.25, 0.3) is 0 Å². The highest BCUT2D eigenvalue weighted by Gasteiger charge is 2.33. The number of hydrogen-bond acceptors (Lipinski definition) is 2. The van der Waals surface area contributed by atoms with Gasteiger partial charge in [-0.25, -0.2) is 0 Å². The van der Waals surface area contributed by atoms with Gasteiger partial charge in [-0.15, -0.1) is 6.58 Å². The van der Waals surface area contributed by atoms with Crippen LogP contribution in [0, 0.1) is 0 Å². The monoisotopic (exact) mass is 206 g/mol. The van der Waals surface area contributed by atoms with Crippen LogP contribution in [0.1, 0.15) is 19.8 Å². The molecule has 0 aromatic rings. The smallest absolute Gasteiger partial charge is 0.250 e. The van der Waals surface area contributed by atoms with Crippen molar-refractivity contribution >= 4 is 5.91 Å².